The Labute approximate surface area is 157 Å². The van der Waals surface area contributed by atoms with Crippen molar-refractivity contribution in [2.45, 2.75) is 26.3 Å². The van der Waals surface area contributed by atoms with Crippen LogP contribution in [0.5, 0.6) is 0 Å². The Morgan fingerprint density at radius 1 is 1.27 bits per heavy atom. The van der Waals surface area contributed by atoms with E-state index in [0.29, 0.717) is 5.69 Å². The van der Waals surface area contributed by atoms with E-state index >= 15 is 0 Å². The summed E-state index contributed by atoms with van der Waals surface area (Å²) in [6.45, 7) is 3.56. The van der Waals surface area contributed by atoms with Gasteiger partial charge in [0.05, 0.1) is 17.0 Å². The van der Waals surface area contributed by atoms with Crippen molar-refractivity contribution < 1.29 is 17.6 Å². The van der Waals surface area contributed by atoms with Crippen molar-refractivity contribution in [3.8, 4) is 0 Å². The highest BCUT2D eigenvalue weighted by Crippen LogP contribution is 2.25. The van der Waals surface area contributed by atoms with Crippen LogP contribution in [0.3, 0.4) is 0 Å². The fourth-order valence-electron chi connectivity index (χ4n) is 2.62. The predicted molar refractivity (Wildman–Crippen MR) is 103 cm³/mol. The van der Waals surface area contributed by atoms with E-state index < -0.39 is 27.8 Å². The van der Waals surface area contributed by atoms with Crippen LogP contribution < -0.4 is 9.62 Å². The van der Waals surface area contributed by atoms with Gasteiger partial charge in [-0.25, -0.2) is 12.8 Å². The molecule has 1 N–H and O–H groups in total. The minimum absolute atomic E-state index is 0.130. The largest absolute Gasteiger partial charge is 0.324 e. The monoisotopic (exact) mass is 398 g/mol. The molecule has 0 saturated heterocycles. The number of hydrogen-bond donors (Lipinski definition) is 1. The van der Waals surface area contributed by atoms with E-state index in [4.69, 9.17) is 11.6 Å². The van der Waals surface area contributed by atoms with E-state index in [-0.39, 0.29) is 17.1 Å². The first kappa shape index (κ1) is 20.2. The second kappa shape index (κ2) is 8.05. The molecule has 8 heteroatoms. The van der Waals surface area contributed by atoms with E-state index in [0.717, 1.165) is 22.2 Å². The van der Waals surface area contributed by atoms with Gasteiger partial charge in [0.2, 0.25) is 15.9 Å². The Kier molecular flexibility index (Phi) is 6.26. The minimum atomic E-state index is -3.71. The summed E-state index contributed by atoms with van der Waals surface area (Å²) in [5.41, 5.74) is 1.57. The van der Waals surface area contributed by atoms with E-state index in [1.54, 1.807) is 25.1 Å². The first-order chi connectivity index (χ1) is 12.1. The molecule has 1 atom stereocenters. The molecule has 26 heavy (non-hydrogen) atoms. The van der Waals surface area contributed by atoms with Crippen molar-refractivity contribution in [1.29, 1.82) is 0 Å². The SMILES string of the molecule is CC[C@@H](C(=O)Nc1ccc(F)c(Cl)c1)N(c1cccc(C)c1)S(C)(=O)=O. The Bertz CT molecular complexity index is 918. The van der Waals surface area contributed by atoms with Crippen molar-refractivity contribution in [2.24, 2.45) is 0 Å². The number of benzene rings is 2. The lowest BCUT2D eigenvalue weighted by atomic mass is 10.1. The summed E-state index contributed by atoms with van der Waals surface area (Å²) < 4.78 is 39.1. The first-order valence-corrected chi connectivity index (χ1v) is 10.2. The number of sulfonamides is 1. The molecule has 0 aromatic heterocycles. The van der Waals surface area contributed by atoms with Crippen LogP contribution in [0.2, 0.25) is 5.02 Å². The van der Waals surface area contributed by atoms with Crippen molar-refractivity contribution in [2.75, 3.05) is 15.9 Å². The molecule has 0 aliphatic rings. The molecule has 2 aromatic rings. The molecule has 0 saturated carbocycles. The molecule has 1 amide bonds. The Balaban J connectivity index is 2.38. The van der Waals surface area contributed by atoms with E-state index in [1.165, 1.54) is 12.1 Å². The fraction of sp³-hybridized carbons (Fsp3) is 0.278. The molecule has 0 aliphatic carbocycles. The number of hydrogen-bond acceptors (Lipinski definition) is 3. The zero-order chi connectivity index (χ0) is 19.5. The fourth-order valence-corrected chi connectivity index (χ4v) is 4.01. The van der Waals surface area contributed by atoms with Crippen LogP contribution in [0.1, 0.15) is 18.9 Å². The molecule has 0 aliphatic heterocycles. The molecular formula is C18H20ClFN2O3S. The van der Waals surface area contributed by atoms with Gasteiger partial charge in [0.1, 0.15) is 11.9 Å². The lowest BCUT2D eigenvalue weighted by Crippen LogP contribution is -2.47. The average Bonchev–Trinajstić information content (AvgIpc) is 2.54. The standard InChI is InChI=1S/C18H20ClFN2O3S/c1-4-17(18(23)21-13-8-9-16(20)15(19)11-13)22(26(3,24)25)14-7-5-6-12(2)10-14/h5-11,17H,4H2,1-3H3,(H,21,23)/t17-/m0/s1. The van der Waals surface area contributed by atoms with Gasteiger partial charge in [0, 0.05) is 5.69 Å². The number of carbonyl (C=O) groups excluding carboxylic acids is 1. The van der Waals surface area contributed by atoms with Gasteiger partial charge in [-0.2, -0.15) is 0 Å². The second-order valence-corrected chi connectivity index (χ2v) is 8.21. The summed E-state index contributed by atoms with van der Waals surface area (Å²) in [6, 6.07) is 9.72. The van der Waals surface area contributed by atoms with Gasteiger partial charge in [0.25, 0.3) is 0 Å². The van der Waals surface area contributed by atoms with Gasteiger partial charge in [-0.1, -0.05) is 30.7 Å². The molecule has 0 unspecified atom stereocenters. The molecule has 2 rings (SSSR count). The average molecular weight is 399 g/mol. The number of amides is 1. The van der Waals surface area contributed by atoms with E-state index in [1.807, 2.05) is 13.0 Å². The third-order valence-electron chi connectivity index (χ3n) is 3.77. The molecular weight excluding hydrogens is 379 g/mol. The summed E-state index contributed by atoms with van der Waals surface area (Å²) in [7, 11) is -3.71. The first-order valence-electron chi connectivity index (χ1n) is 7.95. The van der Waals surface area contributed by atoms with Crippen LogP contribution >= 0.6 is 11.6 Å². The quantitative estimate of drug-likeness (QED) is 0.800. The maximum atomic E-state index is 13.3. The highest BCUT2D eigenvalue weighted by molar-refractivity contribution is 7.92. The highest BCUT2D eigenvalue weighted by atomic mass is 35.5. The minimum Gasteiger partial charge on any atom is -0.324 e. The maximum absolute atomic E-state index is 13.3. The van der Waals surface area contributed by atoms with Crippen LogP contribution in [-0.4, -0.2) is 26.6 Å². The molecule has 0 radical (unpaired) electrons. The zero-order valence-electron chi connectivity index (χ0n) is 14.7. The van der Waals surface area contributed by atoms with Crippen molar-refractivity contribution in [1.82, 2.24) is 0 Å². The Hall–Kier alpha value is -2.12. The van der Waals surface area contributed by atoms with Crippen LogP contribution in [0, 0.1) is 12.7 Å². The summed E-state index contributed by atoms with van der Waals surface area (Å²) in [5.74, 6) is -1.13. The lowest BCUT2D eigenvalue weighted by Gasteiger charge is -2.30. The molecule has 0 heterocycles. The smallest absolute Gasteiger partial charge is 0.248 e. The number of halogens is 2. The molecule has 0 bridgehead atoms. The van der Waals surface area contributed by atoms with Crippen molar-refractivity contribution >= 4 is 38.9 Å². The summed E-state index contributed by atoms with van der Waals surface area (Å²) in [4.78, 5) is 12.7. The maximum Gasteiger partial charge on any atom is 0.248 e. The summed E-state index contributed by atoms with van der Waals surface area (Å²) in [5, 5.41) is 2.47. The van der Waals surface area contributed by atoms with Crippen molar-refractivity contribution in [3.63, 3.8) is 0 Å². The van der Waals surface area contributed by atoms with Crippen molar-refractivity contribution in [3.05, 3.63) is 58.9 Å². The van der Waals surface area contributed by atoms with Gasteiger partial charge < -0.3 is 5.32 Å². The van der Waals surface area contributed by atoms with Crippen LogP contribution in [0.4, 0.5) is 15.8 Å². The van der Waals surface area contributed by atoms with E-state index in [2.05, 4.69) is 5.32 Å². The molecule has 0 spiro atoms. The van der Waals surface area contributed by atoms with Crippen LogP contribution in [0.15, 0.2) is 42.5 Å². The number of rotatable bonds is 6. The Morgan fingerprint density at radius 3 is 2.50 bits per heavy atom. The topological polar surface area (TPSA) is 66.5 Å². The van der Waals surface area contributed by atoms with Crippen LogP contribution in [-0.2, 0) is 14.8 Å². The number of nitrogens with one attached hydrogen (secondary N) is 1. The number of nitrogens with zero attached hydrogens (tertiary/aromatic N) is 1. The molecule has 140 valence electrons. The van der Waals surface area contributed by atoms with Gasteiger partial charge in [0.15, 0.2) is 0 Å². The Morgan fingerprint density at radius 2 is 1.96 bits per heavy atom. The summed E-state index contributed by atoms with van der Waals surface area (Å²) in [6.07, 6.45) is 1.31. The predicted octanol–water partition coefficient (Wildman–Crippen LogP) is 3.97. The highest BCUT2D eigenvalue weighted by Gasteiger charge is 2.31. The third-order valence-corrected chi connectivity index (χ3v) is 5.24. The molecule has 5 nitrogen and oxygen atoms in total. The molecule has 2 aromatic carbocycles. The van der Waals surface area contributed by atoms with E-state index in [9.17, 15) is 17.6 Å². The van der Waals surface area contributed by atoms with Crippen LogP contribution in [0.25, 0.3) is 0 Å². The van der Waals surface area contributed by atoms with Gasteiger partial charge in [-0.05, 0) is 49.2 Å². The third kappa shape index (κ3) is 4.74. The number of aryl methyl sites for hydroxylation is 1. The normalized spacial score (nSPS) is 12.5. The van der Waals surface area contributed by atoms with Gasteiger partial charge >= 0.3 is 0 Å². The number of carbonyl (C=O) groups is 1. The number of anilines is 2. The van der Waals surface area contributed by atoms with Gasteiger partial charge in [-0.3, -0.25) is 9.10 Å². The molecule has 0 fully saturated rings. The lowest BCUT2D eigenvalue weighted by molar-refractivity contribution is -0.117. The van der Waals surface area contributed by atoms with Gasteiger partial charge in [-0.15, -0.1) is 0 Å². The second-order valence-electron chi connectivity index (χ2n) is 5.94. The summed E-state index contributed by atoms with van der Waals surface area (Å²) >= 11 is 5.73. The zero-order valence-corrected chi connectivity index (χ0v) is 16.2.